The van der Waals surface area contributed by atoms with E-state index >= 15 is 0 Å². The molecule has 5 heteroatoms. The molecular formula is C13H14Cl2O3. The van der Waals surface area contributed by atoms with Gasteiger partial charge in [0.1, 0.15) is 5.75 Å². The minimum atomic E-state index is 0.286. The molecule has 18 heavy (non-hydrogen) atoms. The monoisotopic (exact) mass is 288 g/mol. The summed E-state index contributed by atoms with van der Waals surface area (Å²) in [4.78, 5) is 0. The number of rotatable bonds is 6. The Hall–Kier alpha value is -0.480. The third kappa shape index (κ3) is 3.29. The summed E-state index contributed by atoms with van der Waals surface area (Å²) in [6.45, 7) is 2.27. The summed E-state index contributed by atoms with van der Waals surface area (Å²) in [6, 6.07) is 3.61. The molecule has 2 saturated heterocycles. The fourth-order valence-corrected chi connectivity index (χ4v) is 2.48. The summed E-state index contributed by atoms with van der Waals surface area (Å²) in [5, 5.41) is 1.20. The summed E-state index contributed by atoms with van der Waals surface area (Å²) < 4.78 is 16.2. The maximum atomic E-state index is 6.19. The highest BCUT2D eigenvalue weighted by Gasteiger charge is 2.26. The molecule has 1 aromatic carbocycles. The Morgan fingerprint density at radius 1 is 1.17 bits per heavy atom. The molecule has 2 fully saturated rings. The van der Waals surface area contributed by atoms with E-state index in [-0.39, 0.29) is 6.10 Å². The van der Waals surface area contributed by atoms with Gasteiger partial charge in [0, 0.05) is 17.9 Å². The zero-order chi connectivity index (χ0) is 12.5. The fraction of sp³-hybridized carbons (Fsp3) is 0.538. The molecule has 98 valence electrons. The fourth-order valence-electron chi connectivity index (χ4n) is 1.89. The quantitative estimate of drug-likeness (QED) is 0.755. The van der Waals surface area contributed by atoms with Crippen molar-refractivity contribution in [1.82, 2.24) is 0 Å². The first-order valence-corrected chi connectivity index (χ1v) is 6.82. The molecule has 0 aromatic heterocycles. The maximum Gasteiger partial charge on any atom is 0.141 e. The predicted molar refractivity (Wildman–Crippen MR) is 69.8 cm³/mol. The number of ether oxygens (including phenoxy) is 3. The minimum absolute atomic E-state index is 0.286. The molecule has 0 saturated carbocycles. The Morgan fingerprint density at radius 3 is 2.56 bits per heavy atom. The molecule has 0 bridgehead atoms. The van der Waals surface area contributed by atoms with Crippen LogP contribution in [0.5, 0.6) is 5.75 Å². The van der Waals surface area contributed by atoms with Crippen LogP contribution in [0.25, 0.3) is 0 Å². The van der Waals surface area contributed by atoms with Crippen LogP contribution in [0.2, 0.25) is 10.0 Å². The topological polar surface area (TPSA) is 34.3 Å². The summed E-state index contributed by atoms with van der Waals surface area (Å²) in [5.41, 5.74) is 1.02. The van der Waals surface area contributed by atoms with Crippen LogP contribution < -0.4 is 4.74 Å². The Labute approximate surface area is 116 Å². The molecule has 0 radical (unpaired) electrons. The van der Waals surface area contributed by atoms with E-state index in [2.05, 4.69) is 0 Å². The van der Waals surface area contributed by atoms with E-state index in [0.717, 1.165) is 37.4 Å². The maximum absolute atomic E-state index is 6.19. The largest absolute Gasteiger partial charge is 0.492 e. The SMILES string of the molecule is Clc1cc(Cl)c(OCCC2CO2)c(CC2CO2)c1. The molecule has 0 spiro atoms. The molecule has 2 heterocycles. The van der Waals surface area contributed by atoms with Gasteiger partial charge in [0.25, 0.3) is 0 Å². The number of hydrogen-bond donors (Lipinski definition) is 0. The lowest BCUT2D eigenvalue weighted by molar-refractivity contribution is 0.280. The van der Waals surface area contributed by atoms with Crippen LogP contribution in [0.4, 0.5) is 0 Å². The molecule has 2 aliphatic rings. The molecule has 3 rings (SSSR count). The van der Waals surface area contributed by atoms with Crippen molar-refractivity contribution in [3.05, 3.63) is 27.7 Å². The van der Waals surface area contributed by atoms with Crippen LogP contribution in [0.1, 0.15) is 12.0 Å². The van der Waals surface area contributed by atoms with Crippen molar-refractivity contribution >= 4 is 23.2 Å². The molecule has 1 aromatic rings. The van der Waals surface area contributed by atoms with E-state index in [0.29, 0.717) is 22.8 Å². The van der Waals surface area contributed by atoms with Crippen LogP contribution in [0.15, 0.2) is 12.1 Å². The van der Waals surface area contributed by atoms with E-state index in [1.54, 1.807) is 6.07 Å². The Morgan fingerprint density at radius 2 is 1.89 bits per heavy atom. The van der Waals surface area contributed by atoms with Gasteiger partial charge in [0.15, 0.2) is 0 Å². The van der Waals surface area contributed by atoms with Gasteiger partial charge in [-0.1, -0.05) is 23.2 Å². The zero-order valence-corrected chi connectivity index (χ0v) is 11.3. The van der Waals surface area contributed by atoms with E-state index in [4.69, 9.17) is 37.4 Å². The second-order valence-corrected chi connectivity index (χ2v) is 5.47. The number of benzene rings is 1. The van der Waals surface area contributed by atoms with Crippen LogP contribution >= 0.6 is 23.2 Å². The van der Waals surface area contributed by atoms with Gasteiger partial charge >= 0.3 is 0 Å². The number of epoxide rings is 2. The lowest BCUT2D eigenvalue weighted by Crippen LogP contribution is -2.05. The van der Waals surface area contributed by atoms with Gasteiger partial charge in [-0.2, -0.15) is 0 Å². The zero-order valence-electron chi connectivity index (χ0n) is 9.83. The lowest BCUT2D eigenvalue weighted by Gasteiger charge is -2.13. The van der Waals surface area contributed by atoms with E-state index in [1.807, 2.05) is 6.07 Å². The first-order chi connectivity index (χ1) is 8.72. The first kappa shape index (κ1) is 12.5. The Kier molecular flexibility index (Phi) is 3.66. The normalized spacial score (nSPS) is 25.0. The standard InChI is InChI=1S/C13H14Cl2O3/c14-9-3-8(4-11-7-18-11)13(12(15)5-9)16-2-1-10-6-17-10/h3,5,10-11H,1-2,4,6-7H2. The summed E-state index contributed by atoms with van der Waals surface area (Å²) in [6.07, 6.45) is 2.35. The van der Waals surface area contributed by atoms with Crippen molar-refractivity contribution in [2.24, 2.45) is 0 Å². The summed E-state index contributed by atoms with van der Waals surface area (Å²) >= 11 is 12.2. The van der Waals surface area contributed by atoms with Crippen molar-refractivity contribution in [2.45, 2.75) is 25.0 Å². The van der Waals surface area contributed by atoms with E-state index in [9.17, 15) is 0 Å². The van der Waals surface area contributed by atoms with Crippen molar-refractivity contribution in [1.29, 1.82) is 0 Å². The highest BCUT2D eigenvalue weighted by molar-refractivity contribution is 6.35. The van der Waals surface area contributed by atoms with E-state index < -0.39 is 0 Å². The molecular weight excluding hydrogens is 275 g/mol. The van der Waals surface area contributed by atoms with Crippen molar-refractivity contribution in [2.75, 3.05) is 19.8 Å². The number of hydrogen-bond acceptors (Lipinski definition) is 3. The van der Waals surface area contributed by atoms with Crippen LogP contribution in [-0.2, 0) is 15.9 Å². The average Bonchev–Trinajstić information content (AvgIpc) is 3.15. The molecule has 0 aliphatic carbocycles. The Balaban J connectivity index is 1.70. The van der Waals surface area contributed by atoms with Gasteiger partial charge in [-0.05, 0) is 17.7 Å². The van der Waals surface area contributed by atoms with Crippen molar-refractivity contribution in [3.8, 4) is 5.75 Å². The lowest BCUT2D eigenvalue weighted by atomic mass is 10.1. The number of halogens is 2. The van der Waals surface area contributed by atoms with Gasteiger partial charge < -0.3 is 14.2 Å². The molecule has 2 atom stereocenters. The average molecular weight is 289 g/mol. The van der Waals surface area contributed by atoms with Crippen LogP contribution in [0, 0.1) is 0 Å². The van der Waals surface area contributed by atoms with Gasteiger partial charge in [0.2, 0.25) is 0 Å². The van der Waals surface area contributed by atoms with Crippen LogP contribution in [0.3, 0.4) is 0 Å². The highest BCUT2D eigenvalue weighted by atomic mass is 35.5. The first-order valence-electron chi connectivity index (χ1n) is 6.06. The van der Waals surface area contributed by atoms with Gasteiger partial charge in [-0.25, -0.2) is 0 Å². The second-order valence-electron chi connectivity index (χ2n) is 4.63. The molecule has 0 N–H and O–H groups in total. The molecule has 2 unspecified atom stereocenters. The van der Waals surface area contributed by atoms with Crippen LogP contribution in [-0.4, -0.2) is 32.0 Å². The van der Waals surface area contributed by atoms with Gasteiger partial charge in [0.05, 0.1) is 37.1 Å². The Bertz CT molecular complexity index is 442. The van der Waals surface area contributed by atoms with E-state index in [1.165, 1.54) is 0 Å². The second kappa shape index (κ2) is 5.25. The van der Waals surface area contributed by atoms with Crippen molar-refractivity contribution in [3.63, 3.8) is 0 Å². The molecule has 3 nitrogen and oxygen atoms in total. The van der Waals surface area contributed by atoms with Gasteiger partial charge in [-0.3, -0.25) is 0 Å². The summed E-state index contributed by atoms with van der Waals surface area (Å²) in [7, 11) is 0. The third-order valence-electron chi connectivity index (χ3n) is 3.02. The predicted octanol–water partition coefficient (Wildman–Crippen LogP) is 3.10. The molecule has 0 amide bonds. The minimum Gasteiger partial charge on any atom is -0.492 e. The van der Waals surface area contributed by atoms with Crippen molar-refractivity contribution < 1.29 is 14.2 Å². The molecule has 2 aliphatic heterocycles. The smallest absolute Gasteiger partial charge is 0.141 e. The van der Waals surface area contributed by atoms with Gasteiger partial charge in [-0.15, -0.1) is 0 Å². The third-order valence-corrected chi connectivity index (χ3v) is 3.52. The highest BCUT2D eigenvalue weighted by Crippen LogP contribution is 2.35. The summed E-state index contributed by atoms with van der Waals surface area (Å²) in [5.74, 6) is 0.734.